The minimum Gasteiger partial charge on any atom is -0.395 e. The van der Waals surface area contributed by atoms with Gasteiger partial charge in [-0.1, -0.05) is 13.8 Å². The van der Waals surface area contributed by atoms with Crippen LogP contribution in [0.15, 0.2) is 18.5 Å². The van der Waals surface area contributed by atoms with Crippen LogP contribution in [0.4, 0.5) is 5.82 Å². The van der Waals surface area contributed by atoms with Gasteiger partial charge in [-0.25, -0.2) is 9.50 Å². The van der Waals surface area contributed by atoms with Gasteiger partial charge in [-0.05, 0) is 12.0 Å². The summed E-state index contributed by atoms with van der Waals surface area (Å²) in [5.41, 5.74) is 2.00. The van der Waals surface area contributed by atoms with Crippen molar-refractivity contribution in [2.24, 2.45) is 0 Å². The molecule has 2 aromatic rings. The van der Waals surface area contributed by atoms with E-state index < -0.39 is 0 Å². The molecule has 0 atom stereocenters. The molecule has 0 aromatic carbocycles. The number of fused-ring (bicyclic) bond motifs is 1. The molecule has 0 bridgehead atoms. The van der Waals surface area contributed by atoms with Crippen molar-refractivity contribution < 1.29 is 9.84 Å². The summed E-state index contributed by atoms with van der Waals surface area (Å²) in [5, 5.41) is 13.8. The molecule has 0 aliphatic rings. The zero-order chi connectivity index (χ0) is 14.5. The molecule has 0 aliphatic heterocycles. The first-order chi connectivity index (χ1) is 9.67. The second-order valence-corrected chi connectivity index (χ2v) is 5.01. The van der Waals surface area contributed by atoms with Crippen molar-refractivity contribution in [1.29, 1.82) is 0 Å². The van der Waals surface area contributed by atoms with Gasteiger partial charge in [0, 0.05) is 32.6 Å². The molecule has 0 aliphatic carbocycles. The standard InChI is InChI=1S/C14H22N4O2/c1-11(2)12-10-13-14(15-4-5-18(13)16-12)17(6-8-19)7-9-20-3/h4-5,10-11,19H,6-9H2,1-3H3. The zero-order valence-corrected chi connectivity index (χ0v) is 12.3. The van der Waals surface area contributed by atoms with Crippen LogP contribution in [0.2, 0.25) is 0 Å². The Kier molecular flexibility index (Phi) is 4.92. The Labute approximate surface area is 119 Å². The first-order valence-corrected chi connectivity index (χ1v) is 6.86. The second kappa shape index (κ2) is 6.67. The molecule has 2 aromatic heterocycles. The molecule has 0 amide bonds. The van der Waals surface area contributed by atoms with Gasteiger partial charge in [0.25, 0.3) is 0 Å². The van der Waals surface area contributed by atoms with Crippen molar-refractivity contribution in [2.45, 2.75) is 19.8 Å². The van der Waals surface area contributed by atoms with E-state index in [1.807, 2.05) is 15.6 Å². The quantitative estimate of drug-likeness (QED) is 0.827. The Bertz CT molecular complexity index is 553. The fraction of sp³-hybridized carbons (Fsp3) is 0.571. The summed E-state index contributed by atoms with van der Waals surface area (Å²) in [7, 11) is 1.67. The molecule has 1 N–H and O–H groups in total. The fourth-order valence-corrected chi connectivity index (χ4v) is 2.10. The van der Waals surface area contributed by atoms with E-state index in [0.29, 0.717) is 25.6 Å². The zero-order valence-electron chi connectivity index (χ0n) is 12.3. The van der Waals surface area contributed by atoms with E-state index in [-0.39, 0.29) is 6.61 Å². The third-order valence-corrected chi connectivity index (χ3v) is 3.21. The maximum Gasteiger partial charge on any atom is 0.154 e. The molecule has 110 valence electrons. The third-order valence-electron chi connectivity index (χ3n) is 3.21. The Morgan fingerprint density at radius 3 is 2.85 bits per heavy atom. The maximum absolute atomic E-state index is 9.23. The third kappa shape index (κ3) is 3.08. The van der Waals surface area contributed by atoms with Crippen LogP contribution in [-0.2, 0) is 4.74 Å². The molecule has 0 spiro atoms. The average Bonchev–Trinajstić information content (AvgIpc) is 2.87. The molecule has 2 rings (SSSR count). The summed E-state index contributed by atoms with van der Waals surface area (Å²) in [5.74, 6) is 1.20. The number of aliphatic hydroxyl groups is 1. The lowest BCUT2D eigenvalue weighted by Gasteiger charge is -2.22. The summed E-state index contributed by atoms with van der Waals surface area (Å²) in [4.78, 5) is 6.47. The van der Waals surface area contributed by atoms with Crippen molar-refractivity contribution in [2.75, 3.05) is 38.3 Å². The number of methoxy groups -OCH3 is 1. The van der Waals surface area contributed by atoms with Crippen LogP contribution in [0.5, 0.6) is 0 Å². The number of ether oxygens (including phenoxy) is 1. The number of rotatable bonds is 7. The largest absolute Gasteiger partial charge is 0.395 e. The van der Waals surface area contributed by atoms with Gasteiger partial charge in [-0.15, -0.1) is 0 Å². The Morgan fingerprint density at radius 1 is 1.40 bits per heavy atom. The van der Waals surface area contributed by atoms with Crippen molar-refractivity contribution in [3.8, 4) is 0 Å². The van der Waals surface area contributed by atoms with E-state index in [1.54, 1.807) is 13.3 Å². The number of aromatic nitrogens is 3. The lowest BCUT2D eigenvalue weighted by atomic mass is 10.1. The van der Waals surface area contributed by atoms with Gasteiger partial charge in [0.15, 0.2) is 5.82 Å². The first-order valence-electron chi connectivity index (χ1n) is 6.86. The number of hydrogen-bond donors (Lipinski definition) is 1. The van der Waals surface area contributed by atoms with E-state index in [2.05, 4.69) is 30.0 Å². The molecule has 0 saturated carbocycles. The highest BCUT2D eigenvalue weighted by molar-refractivity contribution is 5.69. The maximum atomic E-state index is 9.23. The van der Waals surface area contributed by atoms with E-state index >= 15 is 0 Å². The van der Waals surface area contributed by atoms with Crippen LogP contribution in [0, 0.1) is 0 Å². The van der Waals surface area contributed by atoms with Crippen LogP contribution in [-0.4, -0.2) is 53.1 Å². The van der Waals surface area contributed by atoms with Gasteiger partial charge in [0.05, 0.1) is 18.9 Å². The molecule has 6 heteroatoms. The summed E-state index contributed by atoms with van der Waals surface area (Å²) in [6.07, 6.45) is 3.58. The van der Waals surface area contributed by atoms with Crippen molar-refractivity contribution in [1.82, 2.24) is 14.6 Å². The Morgan fingerprint density at radius 2 is 2.20 bits per heavy atom. The highest BCUT2D eigenvalue weighted by atomic mass is 16.5. The molecule has 0 unspecified atom stereocenters. The highest BCUT2D eigenvalue weighted by Gasteiger charge is 2.14. The fourth-order valence-electron chi connectivity index (χ4n) is 2.10. The summed E-state index contributed by atoms with van der Waals surface area (Å²) >= 11 is 0. The van der Waals surface area contributed by atoms with Crippen molar-refractivity contribution in [3.05, 3.63) is 24.2 Å². The van der Waals surface area contributed by atoms with Crippen LogP contribution in [0.25, 0.3) is 5.52 Å². The second-order valence-electron chi connectivity index (χ2n) is 5.01. The van der Waals surface area contributed by atoms with Gasteiger partial charge in [0.2, 0.25) is 0 Å². The van der Waals surface area contributed by atoms with Gasteiger partial charge < -0.3 is 14.7 Å². The smallest absolute Gasteiger partial charge is 0.154 e. The van der Waals surface area contributed by atoms with Gasteiger partial charge >= 0.3 is 0 Å². The molecular formula is C14H22N4O2. The molecule has 0 radical (unpaired) electrons. The van der Waals surface area contributed by atoms with Gasteiger partial charge in [-0.3, -0.25) is 0 Å². The normalized spacial score (nSPS) is 11.4. The predicted octanol–water partition coefficient (Wildman–Crippen LogP) is 1.30. The summed E-state index contributed by atoms with van der Waals surface area (Å²) in [6.45, 7) is 6.12. The number of hydrogen-bond acceptors (Lipinski definition) is 5. The summed E-state index contributed by atoms with van der Waals surface area (Å²) < 4.78 is 6.96. The van der Waals surface area contributed by atoms with Crippen LogP contribution < -0.4 is 4.90 Å². The minimum absolute atomic E-state index is 0.0810. The molecule has 0 fully saturated rings. The van der Waals surface area contributed by atoms with Gasteiger partial charge in [-0.2, -0.15) is 5.10 Å². The number of nitrogens with zero attached hydrogens (tertiary/aromatic N) is 4. The number of anilines is 1. The molecular weight excluding hydrogens is 256 g/mol. The van der Waals surface area contributed by atoms with E-state index in [4.69, 9.17) is 4.74 Å². The molecule has 20 heavy (non-hydrogen) atoms. The predicted molar refractivity (Wildman–Crippen MR) is 78.3 cm³/mol. The molecule has 2 heterocycles. The van der Waals surface area contributed by atoms with E-state index in [0.717, 1.165) is 17.0 Å². The monoisotopic (exact) mass is 278 g/mol. The van der Waals surface area contributed by atoms with Crippen LogP contribution in [0.3, 0.4) is 0 Å². The lowest BCUT2D eigenvalue weighted by molar-refractivity contribution is 0.202. The topological polar surface area (TPSA) is 62.9 Å². The van der Waals surface area contributed by atoms with Crippen LogP contribution >= 0.6 is 0 Å². The Balaban J connectivity index is 2.39. The van der Waals surface area contributed by atoms with Crippen molar-refractivity contribution in [3.63, 3.8) is 0 Å². The van der Waals surface area contributed by atoms with Crippen LogP contribution in [0.1, 0.15) is 25.5 Å². The lowest BCUT2D eigenvalue weighted by Crippen LogP contribution is -2.31. The SMILES string of the molecule is COCCN(CCO)c1nccn2nc(C(C)C)cc12. The summed E-state index contributed by atoms with van der Waals surface area (Å²) in [6, 6.07) is 2.06. The average molecular weight is 278 g/mol. The highest BCUT2D eigenvalue weighted by Crippen LogP contribution is 2.22. The molecule has 6 nitrogen and oxygen atoms in total. The first kappa shape index (κ1) is 14.7. The molecule has 0 saturated heterocycles. The van der Waals surface area contributed by atoms with E-state index in [1.165, 1.54) is 0 Å². The van der Waals surface area contributed by atoms with Crippen molar-refractivity contribution >= 4 is 11.3 Å². The Hall–Kier alpha value is -1.66. The van der Waals surface area contributed by atoms with Gasteiger partial charge in [0.1, 0.15) is 5.52 Å². The number of aliphatic hydroxyl groups excluding tert-OH is 1. The minimum atomic E-state index is 0.0810. The van der Waals surface area contributed by atoms with E-state index in [9.17, 15) is 5.11 Å².